The fourth-order valence-electron chi connectivity index (χ4n) is 2.91. The molecule has 0 aliphatic carbocycles. The Labute approximate surface area is 181 Å². The van der Waals surface area contributed by atoms with Gasteiger partial charge in [-0.05, 0) is 67.6 Å². The molecule has 0 saturated heterocycles. The molecule has 164 valence electrons. The number of aromatic hydroxyl groups is 1. The number of phenols is 1. The van der Waals surface area contributed by atoms with Crippen molar-refractivity contribution in [3.63, 3.8) is 0 Å². The monoisotopic (exact) mass is 426 g/mol. The molecule has 0 bridgehead atoms. The highest BCUT2D eigenvalue weighted by Crippen LogP contribution is 2.17. The number of nitrogens with one attached hydrogen (secondary N) is 3. The highest BCUT2D eigenvalue weighted by Gasteiger charge is 2.07. The summed E-state index contributed by atoms with van der Waals surface area (Å²) in [6.45, 7) is 2.31. The third kappa shape index (κ3) is 7.71. The van der Waals surface area contributed by atoms with Gasteiger partial charge in [0, 0.05) is 18.8 Å². The average molecular weight is 427 g/mol. The molecule has 2 aromatic carbocycles. The molecular formula is C22H29FN7O+. The van der Waals surface area contributed by atoms with E-state index in [1.807, 2.05) is 12.1 Å². The predicted octanol–water partition coefficient (Wildman–Crippen LogP) is 2.94. The molecule has 0 radical (unpaired) electrons. The third-order valence-electron chi connectivity index (χ3n) is 4.58. The molecule has 0 unspecified atom stereocenters. The van der Waals surface area contributed by atoms with Crippen LogP contribution in [0.3, 0.4) is 0 Å². The van der Waals surface area contributed by atoms with Crippen LogP contribution in [0.4, 0.5) is 27.9 Å². The van der Waals surface area contributed by atoms with Crippen molar-refractivity contribution in [3.8, 4) is 5.75 Å². The molecule has 1 heterocycles. The number of hydrogen-bond donors (Lipinski definition) is 5. The van der Waals surface area contributed by atoms with Crippen molar-refractivity contribution in [2.75, 3.05) is 35.6 Å². The second-order valence-corrected chi connectivity index (χ2v) is 7.12. The van der Waals surface area contributed by atoms with Gasteiger partial charge in [-0.3, -0.25) is 0 Å². The Bertz CT molecular complexity index is 936. The first-order valence-electron chi connectivity index (χ1n) is 10.5. The van der Waals surface area contributed by atoms with E-state index in [0.29, 0.717) is 30.1 Å². The van der Waals surface area contributed by atoms with Crippen LogP contribution >= 0.6 is 0 Å². The van der Waals surface area contributed by atoms with Crippen molar-refractivity contribution in [2.24, 2.45) is 0 Å². The number of benzene rings is 2. The van der Waals surface area contributed by atoms with Crippen LogP contribution in [0.15, 0.2) is 48.5 Å². The number of unbranched alkanes of at least 4 members (excludes halogenated alkanes) is 2. The van der Waals surface area contributed by atoms with Crippen molar-refractivity contribution in [1.82, 2.24) is 15.0 Å². The molecule has 0 atom stereocenters. The minimum Gasteiger partial charge on any atom is -0.508 e. The molecule has 31 heavy (non-hydrogen) atoms. The van der Waals surface area contributed by atoms with Gasteiger partial charge >= 0.3 is 0 Å². The Morgan fingerprint density at radius 1 is 0.774 bits per heavy atom. The predicted molar refractivity (Wildman–Crippen MR) is 120 cm³/mol. The Balaban J connectivity index is 1.65. The Morgan fingerprint density at radius 2 is 1.42 bits per heavy atom. The molecule has 0 saturated carbocycles. The van der Waals surface area contributed by atoms with Gasteiger partial charge in [-0.15, -0.1) is 0 Å². The molecule has 0 aliphatic heterocycles. The Morgan fingerprint density at radius 3 is 2.10 bits per heavy atom. The number of quaternary nitrogens is 1. The van der Waals surface area contributed by atoms with Crippen LogP contribution in [0.25, 0.3) is 0 Å². The summed E-state index contributed by atoms with van der Waals surface area (Å²) in [6, 6.07) is 13.1. The second-order valence-electron chi connectivity index (χ2n) is 7.12. The van der Waals surface area contributed by atoms with E-state index >= 15 is 0 Å². The molecule has 1 aromatic heterocycles. The molecule has 0 spiro atoms. The maximum atomic E-state index is 13.2. The van der Waals surface area contributed by atoms with Crippen molar-refractivity contribution in [1.29, 1.82) is 0 Å². The lowest BCUT2D eigenvalue weighted by molar-refractivity contribution is -0.368. The van der Waals surface area contributed by atoms with Crippen LogP contribution in [-0.2, 0) is 6.42 Å². The van der Waals surface area contributed by atoms with E-state index in [4.69, 9.17) is 0 Å². The normalized spacial score (nSPS) is 10.6. The molecule has 8 nitrogen and oxygen atoms in total. The minimum atomic E-state index is -0.303. The number of nitrogens with zero attached hydrogens (tertiary/aromatic N) is 3. The van der Waals surface area contributed by atoms with Gasteiger partial charge in [0.15, 0.2) is 0 Å². The van der Waals surface area contributed by atoms with Gasteiger partial charge in [-0.25, -0.2) is 4.39 Å². The van der Waals surface area contributed by atoms with Crippen LogP contribution in [0.5, 0.6) is 5.75 Å². The molecule has 3 aromatic rings. The van der Waals surface area contributed by atoms with E-state index in [-0.39, 0.29) is 11.6 Å². The first-order chi connectivity index (χ1) is 15.1. The first kappa shape index (κ1) is 22.2. The number of phenolic OH excluding ortho intramolecular Hbond substituents is 1. The van der Waals surface area contributed by atoms with Crippen molar-refractivity contribution >= 4 is 23.5 Å². The topological polar surface area (TPSA) is 123 Å². The van der Waals surface area contributed by atoms with Gasteiger partial charge in [-0.2, -0.15) is 15.0 Å². The highest BCUT2D eigenvalue weighted by atomic mass is 19.1. The number of hydrogen-bond acceptors (Lipinski definition) is 7. The lowest BCUT2D eigenvalue weighted by Crippen LogP contribution is -2.50. The van der Waals surface area contributed by atoms with Crippen LogP contribution in [0, 0.1) is 5.82 Å². The first-order valence-corrected chi connectivity index (χ1v) is 10.5. The summed E-state index contributed by atoms with van der Waals surface area (Å²) in [7, 11) is 0. The van der Waals surface area contributed by atoms with E-state index < -0.39 is 0 Å². The second kappa shape index (κ2) is 11.7. The average Bonchev–Trinajstić information content (AvgIpc) is 2.77. The van der Waals surface area contributed by atoms with Gasteiger partial charge in [-0.1, -0.05) is 12.1 Å². The number of rotatable bonds is 12. The molecule has 0 fully saturated rings. The van der Waals surface area contributed by atoms with E-state index in [1.165, 1.54) is 12.1 Å². The largest absolute Gasteiger partial charge is 0.508 e. The molecule has 9 heteroatoms. The number of aromatic nitrogens is 3. The van der Waals surface area contributed by atoms with E-state index in [0.717, 1.165) is 44.3 Å². The van der Waals surface area contributed by atoms with Crippen LogP contribution in [0.2, 0.25) is 0 Å². The van der Waals surface area contributed by atoms with Crippen LogP contribution in [0.1, 0.15) is 24.8 Å². The van der Waals surface area contributed by atoms with Gasteiger partial charge in [0.2, 0.25) is 17.8 Å². The zero-order chi connectivity index (χ0) is 21.9. The summed E-state index contributed by atoms with van der Waals surface area (Å²) in [5.74, 6) is 1.23. The number of halogens is 1. The van der Waals surface area contributed by atoms with Gasteiger partial charge in [0.1, 0.15) is 11.6 Å². The maximum absolute atomic E-state index is 13.2. The van der Waals surface area contributed by atoms with E-state index in [2.05, 4.69) is 36.6 Å². The molecule has 3 rings (SSSR count). The van der Waals surface area contributed by atoms with Gasteiger partial charge < -0.3 is 26.8 Å². The highest BCUT2D eigenvalue weighted by molar-refractivity contribution is 5.55. The SMILES string of the molecule is [NH3+]CCCCCNc1nc(NCCc2ccc(O)cc2)nc(Nc2ccc(F)cc2)n1. The summed E-state index contributed by atoms with van der Waals surface area (Å²) in [5.41, 5.74) is 5.63. The van der Waals surface area contributed by atoms with E-state index in [9.17, 15) is 9.50 Å². The maximum Gasteiger partial charge on any atom is 0.233 e. The van der Waals surface area contributed by atoms with Crippen LogP contribution in [-0.4, -0.2) is 39.7 Å². The summed E-state index contributed by atoms with van der Waals surface area (Å²) in [5, 5.41) is 19.0. The summed E-state index contributed by atoms with van der Waals surface area (Å²) in [4.78, 5) is 13.3. The molecular weight excluding hydrogens is 397 g/mol. The zero-order valence-electron chi connectivity index (χ0n) is 17.4. The van der Waals surface area contributed by atoms with Crippen molar-refractivity contribution < 1.29 is 15.2 Å². The summed E-state index contributed by atoms with van der Waals surface area (Å²) >= 11 is 0. The Hall–Kier alpha value is -3.46. The lowest BCUT2D eigenvalue weighted by Gasteiger charge is -2.11. The lowest BCUT2D eigenvalue weighted by atomic mass is 10.1. The number of anilines is 4. The smallest absolute Gasteiger partial charge is 0.233 e. The van der Waals surface area contributed by atoms with Gasteiger partial charge in [0.05, 0.1) is 6.54 Å². The molecule has 0 amide bonds. The van der Waals surface area contributed by atoms with Gasteiger partial charge in [0.25, 0.3) is 0 Å². The standard InChI is InChI=1S/C22H28FN7O/c23-17-6-8-18(9-7-17)27-22-29-20(25-14-3-1-2-13-24)28-21(30-22)26-15-12-16-4-10-19(31)11-5-16/h4-11,31H,1-3,12-15,24H2,(H3,25,26,27,28,29,30)/p+1. The third-order valence-corrected chi connectivity index (χ3v) is 4.58. The van der Waals surface area contributed by atoms with Crippen molar-refractivity contribution in [2.45, 2.75) is 25.7 Å². The minimum absolute atomic E-state index is 0.247. The summed E-state index contributed by atoms with van der Waals surface area (Å²) < 4.78 is 13.2. The molecule has 0 aliphatic rings. The summed E-state index contributed by atoms with van der Waals surface area (Å²) in [6.07, 6.45) is 3.95. The van der Waals surface area contributed by atoms with Crippen molar-refractivity contribution in [3.05, 3.63) is 59.9 Å². The fraction of sp³-hybridized carbons (Fsp3) is 0.318. The van der Waals surface area contributed by atoms with E-state index in [1.54, 1.807) is 24.3 Å². The van der Waals surface area contributed by atoms with Crippen LogP contribution < -0.4 is 21.7 Å². The molecule has 7 N–H and O–H groups in total. The Kier molecular flexibility index (Phi) is 8.36. The quantitative estimate of drug-likeness (QED) is 0.282. The fourth-order valence-corrected chi connectivity index (χ4v) is 2.91. The zero-order valence-corrected chi connectivity index (χ0v) is 17.4.